The average Bonchev–Trinajstić information content (AvgIpc) is 3.28. The number of aliphatic imine (C=N–C) groups is 1. The molecule has 1 aliphatic rings. The van der Waals surface area contributed by atoms with E-state index in [9.17, 15) is 4.79 Å². The summed E-state index contributed by atoms with van der Waals surface area (Å²) in [6, 6.07) is 24.2. The Kier molecular flexibility index (Phi) is 6.35. The number of carbonyl (C=O) groups excluding carboxylic acids is 1. The van der Waals surface area contributed by atoms with Gasteiger partial charge in [0.15, 0.2) is 0 Å². The molecule has 0 N–H and O–H groups in total. The molecular formula is C27H29N3O2. The lowest BCUT2D eigenvalue weighted by atomic mass is 10.0. The summed E-state index contributed by atoms with van der Waals surface area (Å²) >= 11 is 0. The monoisotopic (exact) mass is 427 g/mol. The van der Waals surface area contributed by atoms with Crippen LogP contribution in [0, 0.1) is 0 Å². The summed E-state index contributed by atoms with van der Waals surface area (Å²) in [5, 5.41) is 0. The molecule has 1 aliphatic heterocycles. The minimum absolute atomic E-state index is 0.0643. The molecule has 5 heteroatoms. The normalized spacial score (nSPS) is 16.0. The quantitative estimate of drug-likeness (QED) is 0.458. The van der Waals surface area contributed by atoms with Gasteiger partial charge in [0.1, 0.15) is 5.60 Å². The van der Waals surface area contributed by atoms with E-state index in [0.717, 1.165) is 41.1 Å². The third-order valence-electron chi connectivity index (χ3n) is 5.33. The molecule has 1 saturated heterocycles. The van der Waals surface area contributed by atoms with E-state index in [1.807, 2.05) is 69.3 Å². The average molecular weight is 428 g/mol. The second-order valence-electron chi connectivity index (χ2n) is 8.97. The molecule has 0 saturated carbocycles. The molecule has 2 heterocycles. The van der Waals surface area contributed by atoms with Gasteiger partial charge in [-0.2, -0.15) is 0 Å². The zero-order valence-corrected chi connectivity index (χ0v) is 18.9. The van der Waals surface area contributed by atoms with Crippen LogP contribution >= 0.6 is 0 Å². The van der Waals surface area contributed by atoms with Crippen LogP contribution in [-0.4, -0.2) is 33.8 Å². The summed E-state index contributed by atoms with van der Waals surface area (Å²) in [5.41, 5.74) is 4.13. The van der Waals surface area contributed by atoms with Crippen LogP contribution in [-0.2, 0) is 4.74 Å². The molecule has 1 unspecified atom stereocenters. The lowest BCUT2D eigenvalue weighted by Gasteiger charge is -2.28. The third-order valence-corrected chi connectivity index (χ3v) is 5.33. The van der Waals surface area contributed by atoms with Crippen molar-refractivity contribution in [3.8, 4) is 0 Å². The SMILES string of the molecule is CC(C)(C)OC(=O)N1CCCC1c1ccc(N=C(c2ccccc2)c2ccccc2)cn1. The van der Waals surface area contributed by atoms with Crippen LogP contribution in [0.1, 0.15) is 56.5 Å². The largest absolute Gasteiger partial charge is 0.444 e. The summed E-state index contributed by atoms with van der Waals surface area (Å²) < 4.78 is 5.59. The Morgan fingerprint density at radius 3 is 2.12 bits per heavy atom. The molecule has 1 amide bonds. The van der Waals surface area contributed by atoms with Crippen molar-refractivity contribution in [3.63, 3.8) is 0 Å². The van der Waals surface area contributed by atoms with Crippen molar-refractivity contribution in [1.82, 2.24) is 9.88 Å². The number of amides is 1. The number of carbonyl (C=O) groups is 1. The van der Waals surface area contributed by atoms with E-state index < -0.39 is 5.60 Å². The highest BCUT2D eigenvalue weighted by molar-refractivity contribution is 6.13. The van der Waals surface area contributed by atoms with Gasteiger partial charge in [0.05, 0.1) is 29.3 Å². The smallest absolute Gasteiger partial charge is 0.410 e. The van der Waals surface area contributed by atoms with Crippen LogP contribution in [0.5, 0.6) is 0 Å². The predicted molar refractivity (Wildman–Crippen MR) is 127 cm³/mol. The molecule has 1 fully saturated rings. The Morgan fingerprint density at radius 2 is 1.59 bits per heavy atom. The van der Waals surface area contributed by atoms with Gasteiger partial charge in [-0.25, -0.2) is 9.79 Å². The van der Waals surface area contributed by atoms with Crippen molar-refractivity contribution < 1.29 is 9.53 Å². The first-order chi connectivity index (χ1) is 15.4. The summed E-state index contributed by atoms with van der Waals surface area (Å²) in [5.74, 6) is 0. The van der Waals surface area contributed by atoms with Crippen LogP contribution in [0.2, 0.25) is 0 Å². The summed E-state index contributed by atoms with van der Waals surface area (Å²) in [6.07, 6.45) is 3.33. The van der Waals surface area contributed by atoms with Crippen molar-refractivity contribution in [2.24, 2.45) is 4.99 Å². The number of hydrogen-bond acceptors (Lipinski definition) is 4. The fraction of sp³-hybridized carbons (Fsp3) is 0.296. The highest BCUT2D eigenvalue weighted by atomic mass is 16.6. The van der Waals surface area contributed by atoms with Crippen molar-refractivity contribution in [1.29, 1.82) is 0 Å². The van der Waals surface area contributed by atoms with Crippen LogP contribution in [0.3, 0.4) is 0 Å². The minimum Gasteiger partial charge on any atom is -0.444 e. The molecule has 164 valence electrons. The lowest BCUT2D eigenvalue weighted by molar-refractivity contribution is 0.0221. The van der Waals surface area contributed by atoms with Crippen LogP contribution < -0.4 is 0 Å². The number of hydrogen-bond donors (Lipinski definition) is 0. The third kappa shape index (κ3) is 5.22. The molecule has 4 rings (SSSR count). The first-order valence-corrected chi connectivity index (χ1v) is 11.1. The predicted octanol–water partition coefficient (Wildman–Crippen LogP) is 6.32. The maximum atomic E-state index is 12.6. The van der Waals surface area contributed by atoms with Crippen molar-refractivity contribution in [2.75, 3.05) is 6.54 Å². The summed E-state index contributed by atoms with van der Waals surface area (Å²) in [6.45, 7) is 6.35. The summed E-state index contributed by atoms with van der Waals surface area (Å²) in [4.78, 5) is 24.0. The molecule has 1 atom stereocenters. The maximum absolute atomic E-state index is 12.6. The highest BCUT2D eigenvalue weighted by Crippen LogP contribution is 2.33. The number of nitrogens with zero attached hydrogens (tertiary/aromatic N) is 3. The van der Waals surface area contributed by atoms with Gasteiger partial charge in [0.25, 0.3) is 0 Å². The van der Waals surface area contributed by atoms with Gasteiger partial charge in [-0.15, -0.1) is 0 Å². The van der Waals surface area contributed by atoms with Gasteiger partial charge in [0.2, 0.25) is 0 Å². The van der Waals surface area contributed by atoms with Crippen molar-refractivity contribution >= 4 is 17.5 Å². The van der Waals surface area contributed by atoms with E-state index >= 15 is 0 Å². The van der Waals surface area contributed by atoms with Crippen LogP contribution in [0.4, 0.5) is 10.5 Å². The van der Waals surface area contributed by atoms with E-state index in [2.05, 4.69) is 29.2 Å². The van der Waals surface area contributed by atoms with Crippen LogP contribution in [0.25, 0.3) is 0 Å². The molecular weight excluding hydrogens is 398 g/mol. The van der Waals surface area contributed by atoms with E-state index in [-0.39, 0.29) is 12.1 Å². The number of rotatable bonds is 4. The Hall–Kier alpha value is -3.47. The Bertz CT molecular complexity index is 1030. The van der Waals surface area contributed by atoms with E-state index in [1.165, 1.54) is 0 Å². The first-order valence-electron chi connectivity index (χ1n) is 11.1. The minimum atomic E-state index is -0.512. The topological polar surface area (TPSA) is 54.8 Å². The molecule has 3 aromatic rings. The fourth-order valence-corrected chi connectivity index (χ4v) is 3.89. The first kappa shape index (κ1) is 21.8. The number of benzene rings is 2. The van der Waals surface area contributed by atoms with Gasteiger partial charge in [0, 0.05) is 17.7 Å². The Balaban J connectivity index is 1.60. The van der Waals surface area contributed by atoms with Gasteiger partial charge in [-0.1, -0.05) is 60.7 Å². The summed E-state index contributed by atoms with van der Waals surface area (Å²) in [7, 11) is 0. The fourth-order valence-electron chi connectivity index (χ4n) is 3.89. The molecule has 0 spiro atoms. The van der Waals surface area contributed by atoms with Crippen LogP contribution in [0.15, 0.2) is 84.0 Å². The zero-order valence-electron chi connectivity index (χ0n) is 18.9. The van der Waals surface area contributed by atoms with Gasteiger partial charge in [-0.3, -0.25) is 9.88 Å². The van der Waals surface area contributed by atoms with Crippen molar-refractivity contribution in [3.05, 3.63) is 95.8 Å². The van der Waals surface area contributed by atoms with E-state index in [1.54, 1.807) is 11.1 Å². The second kappa shape index (κ2) is 9.35. The Labute approximate surface area is 189 Å². The Morgan fingerprint density at radius 1 is 0.969 bits per heavy atom. The molecule has 0 radical (unpaired) electrons. The standard InChI is InChI=1S/C27H29N3O2/c1-27(2,3)32-26(31)30-18-10-15-24(30)23-17-16-22(19-28-23)29-25(20-11-6-4-7-12-20)21-13-8-5-9-14-21/h4-9,11-14,16-17,19,24H,10,15,18H2,1-3H3. The molecule has 0 bridgehead atoms. The van der Waals surface area contributed by atoms with E-state index in [4.69, 9.17) is 9.73 Å². The second-order valence-corrected chi connectivity index (χ2v) is 8.97. The molecule has 32 heavy (non-hydrogen) atoms. The number of aromatic nitrogens is 1. The maximum Gasteiger partial charge on any atom is 0.410 e. The van der Waals surface area contributed by atoms with E-state index in [0.29, 0.717) is 6.54 Å². The number of ether oxygens (including phenoxy) is 1. The van der Waals surface area contributed by atoms with Crippen molar-refractivity contribution in [2.45, 2.75) is 45.3 Å². The number of likely N-dealkylation sites (tertiary alicyclic amines) is 1. The molecule has 0 aliphatic carbocycles. The van der Waals surface area contributed by atoms with Gasteiger partial charge in [-0.05, 0) is 45.7 Å². The lowest BCUT2D eigenvalue weighted by Crippen LogP contribution is -2.36. The van der Waals surface area contributed by atoms with Gasteiger partial charge < -0.3 is 4.74 Å². The number of pyridine rings is 1. The molecule has 1 aromatic heterocycles. The highest BCUT2D eigenvalue weighted by Gasteiger charge is 2.33. The molecule has 5 nitrogen and oxygen atoms in total. The van der Waals surface area contributed by atoms with Gasteiger partial charge >= 0.3 is 6.09 Å². The zero-order chi connectivity index (χ0) is 22.6. The molecule has 2 aromatic carbocycles.